The second kappa shape index (κ2) is 6.97. The second-order valence-electron chi connectivity index (χ2n) is 5.83. The first-order valence-corrected chi connectivity index (χ1v) is 9.02. The van der Waals surface area contributed by atoms with E-state index >= 15 is 0 Å². The number of hydrogen-bond acceptors (Lipinski definition) is 4. The van der Waals surface area contributed by atoms with Crippen LogP contribution in [-0.2, 0) is 11.2 Å². The van der Waals surface area contributed by atoms with Crippen LogP contribution in [0.4, 0.5) is 5.69 Å². The Kier molecular flexibility index (Phi) is 4.37. The molecule has 2 aromatic heterocycles. The van der Waals surface area contributed by atoms with Crippen LogP contribution in [-0.4, -0.2) is 23.0 Å². The summed E-state index contributed by atoms with van der Waals surface area (Å²) in [6, 6.07) is 13.2. The molecule has 0 bridgehead atoms. The van der Waals surface area contributed by atoms with E-state index in [1.54, 1.807) is 24.0 Å². The van der Waals surface area contributed by atoms with E-state index in [9.17, 15) is 4.79 Å². The molecule has 0 unspecified atom stereocenters. The van der Waals surface area contributed by atoms with Gasteiger partial charge in [-0.15, -0.1) is 11.3 Å². The van der Waals surface area contributed by atoms with Crippen LogP contribution < -0.4 is 15.0 Å². The first-order chi connectivity index (χ1) is 12.7. The van der Waals surface area contributed by atoms with Gasteiger partial charge in [-0.1, -0.05) is 12.1 Å². The van der Waals surface area contributed by atoms with Crippen molar-refractivity contribution in [1.29, 1.82) is 0 Å². The molecule has 0 radical (unpaired) electrons. The van der Waals surface area contributed by atoms with E-state index in [0.29, 0.717) is 6.42 Å². The van der Waals surface area contributed by atoms with E-state index in [1.165, 1.54) is 0 Å². The van der Waals surface area contributed by atoms with Gasteiger partial charge >= 0.3 is 5.82 Å². The number of thiazole rings is 1. The van der Waals surface area contributed by atoms with Gasteiger partial charge in [-0.05, 0) is 29.8 Å². The van der Waals surface area contributed by atoms with E-state index in [4.69, 9.17) is 4.74 Å². The predicted octanol–water partition coefficient (Wildman–Crippen LogP) is 3.30. The highest BCUT2D eigenvalue weighted by Gasteiger charge is 2.14. The monoisotopic (exact) mass is 365 g/mol. The highest BCUT2D eigenvalue weighted by Crippen LogP contribution is 2.20. The molecule has 0 atom stereocenters. The van der Waals surface area contributed by atoms with Crippen molar-refractivity contribution in [3.8, 4) is 17.3 Å². The first-order valence-electron chi connectivity index (χ1n) is 8.07. The Morgan fingerprint density at radius 2 is 2.12 bits per heavy atom. The number of anilines is 1. The Morgan fingerprint density at radius 3 is 2.85 bits per heavy atom. The summed E-state index contributed by atoms with van der Waals surface area (Å²) < 4.78 is 5.13. The van der Waals surface area contributed by atoms with Gasteiger partial charge in [0, 0.05) is 17.1 Å². The predicted molar refractivity (Wildman–Crippen MR) is 101 cm³/mol. The number of H-pyrrole nitrogens is 2. The molecule has 4 rings (SSSR count). The van der Waals surface area contributed by atoms with Crippen LogP contribution in [0.1, 0.15) is 5.56 Å². The molecule has 0 spiro atoms. The number of imidazole rings is 1. The summed E-state index contributed by atoms with van der Waals surface area (Å²) in [6.07, 6.45) is 0.308. The Labute approximate surface area is 153 Å². The highest BCUT2D eigenvalue weighted by atomic mass is 32.1. The van der Waals surface area contributed by atoms with Crippen molar-refractivity contribution in [2.75, 3.05) is 12.4 Å². The van der Waals surface area contributed by atoms with E-state index in [2.05, 4.69) is 20.3 Å². The maximum absolute atomic E-state index is 12.3. The third-order valence-electron chi connectivity index (χ3n) is 4.03. The Morgan fingerprint density at radius 1 is 1.27 bits per heavy atom. The minimum absolute atomic E-state index is 0.0650. The van der Waals surface area contributed by atoms with Crippen LogP contribution >= 0.6 is 11.3 Å². The number of carbonyl (C=O) groups is 1. The summed E-state index contributed by atoms with van der Waals surface area (Å²) in [7, 11) is 1.62. The largest absolute Gasteiger partial charge is 0.497 e. The molecule has 0 aliphatic heterocycles. The number of carbonyl (C=O) groups excluding carboxylic acids is 1. The molecule has 1 amide bonds. The number of aromatic amines is 2. The number of methoxy groups -OCH3 is 1. The molecule has 0 saturated heterocycles. The summed E-state index contributed by atoms with van der Waals surface area (Å²) in [6.45, 7) is 0. The lowest BCUT2D eigenvalue weighted by atomic mass is 10.1. The van der Waals surface area contributed by atoms with Gasteiger partial charge in [0.2, 0.25) is 5.91 Å². The SMILES string of the molecule is COc1ccc(CC(=O)Nc2ccc3[nH+]c(-c4cscn4)[nH]c3c2)cc1. The average molecular weight is 365 g/mol. The maximum atomic E-state index is 12.3. The summed E-state index contributed by atoms with van der Waals surface area (Å²) in [5.74, 6) is 1.56. The van der Waals surface area contributed by atoms with Crippen molar-refractivity contribution in [2.45, 2.75) is 6.42 Å². The molecule has 0 fully saturated rings. The third-order valence-corrected chi connectivity index (χ3v) is 4.62. The summed E-state index contributed by atoms with van der Waals surface area (Å²) in [5, 5.41) is 4.91. The molecular weight excluding hydrogens is 348 g/mol. The van der Waals surface area contributed by atoms with Crippen LogP contribution in [0, 0.1) is 0 Å². The zero-order chi connectivity index (χ0) is 17.9. The molecule has 0 saturated carbocycles. The lowest BCUT2D eigenvalue weighted by Gasteiger charge is -2.05. The molecule has 26 heavy (non-hydrogen) atoms. The number of fused-ring (bicyclic) bond motifs is 1. The Balaban J connectivity index is 1.48. The van der Waals surface area contributed by atoms with Gasteiger partial charge in [-0.2, -0.15) is 0 Å². The van der Waals surface area contributed by atoms with E-state index in [1.807, 2.05) is 47.8 Å². The number of rotatable bonds is 5. The number of amides is 1. The minimum atomic E-state index is -0.0650. The molecule has 2 aromatic carbocycles. The quantitative estimate of drug-likeness (QED) is 0.569. The molecule has 2 heterocycles. The summed E-state index contributed by atoms with van der Waals surface area (Å²) >= 11 is 1.54. The lowest BCUT2D eigenvalue weighted by molar-refractivity contribution is -0.330. The van der Waals surface area contributed by atoms with Crippen LogP contribution in [0.2, 0.25) is 0 Å². The molecule has 7 heteroatoms. The maximum Gasteiger partial charge on any atom is 0.305 e. The van der Waals surface area contributed by atoms with E-state index in [0.717, 1.165) is 39.6 Å². The number of benzene rings is 2. The zero-order valence-corrected chi connectivity index (χ0v) is 14.9. The van der Waals surface area contributed by atoms with Crippen LogP contribution in [0.5, 0.6) is 5.75 Å². The fraction of sp³-hybridized carbons (Fsp3) is 0.105. The van der Waals surface area contributed by atoms with Crippen molar-refractivity contribution in [2.24, 2.45) is 0 Å². The molecule has 4 aromatic rings. The number of ether oxygens (including phenoxy) is 1. The van der Waals surface area contributed by atoms with Crippen molar-refractivity contribution < 1.29 is 14.5 Å². The normalized spacial score (nSPS) is 10.8. The van der Waals surface area contributed by atoms with Gasteiger partial charge in [0.05, 0.1) is 19.0 Å². The average Bonchev–Trinajstić information content (AvgIpc) is 3.31. The van der Waals surface area contributed by atoms with Gasteiger partial charge in [-0.25, -0.2) is 15.0 Å². The number of hydrogen-bond donors (Lipinski definition) is 2. The molecule has 3 N–H and O–H groups in total. The van der Waals surface area contributed by atoms with Crippen molar-refractivity contribution in [1.82, 2.24) is 9.97 Å². The van der Waals surface area contributed by atoms with Crippen LogP contribution in [0.3, 0.4) is 0 Å². The van der Waals surface area contributed by atoms with Crippen LogP contribution in [0.25, 0.3) is 22.6 Å². The molecule has 0 aliphatic rings. The standard InChI is InChI=1S/C19H16N4O2S/c1-25-14-5-2-12(3-6-14)8-18(24)21-13-4-7-15-16(9-13)23-19(22-15)17-10-26-11-20-17/h2-7,9-11H,8H2,1H3,(H,21,24)(H,22,23)/p+1. The number of nitrogens with zero attached hydrogens (tertiary/aromatic N) is 1. The van der Waals surface area contributed by atoms with E-state index < -0.39 is 0 Å². The van der Waals surface area contributed by atoms with E-state index in [-0.39, 0.29) is 5.91 Å². The topological polar surface area (TPSA) is 81.2 Å². The molecule has 6 nitrogen and oxygen atoms in total. The third kappa shape index (κ3) is 3.43. The van der Waals surface area contributed by atoms with Gasteiger partial charge in [0.1, 0.15) is 5.75 Å². The first kappa shape index (κ1) is 16.3. The lowest BCUT2D eigenvalue weighted by Crippen LogP contribution is -2.14. The fourth-order valence-corrected chi connectivity index (χ4v) is 3.28. The Hall–Kier alpha value is -3.19. The summed E-state index contributed by atoms with van der Waals surface area (Å²) in [4.78, 5) is 23.2. The molecule has 130 valence electrons. The number of nitrogens with one attached hydrogen (secondary N) is 3. The zero-order valence-electron chi connectivity index (χ0n) is 14.1. The fourth-order valence-electron chi connectivity index (χ4n) is 2.73. The summed E-state index contributed by atoms with van der Waals surface area (Å²) in [5.41, 5.74) is 6.21. The van der Waals surface area contributed by atoms with Gasteiger partial charge in [0.25, 0.3) is 0 Å². The second-order valence-corrected chi connectivity index (χ2v) is 6.55. The Bertz CT molecular complexity index is 1040. The molecular formula is C19H17N4O2S+. The van der Waals surface area contributed by atoms with Gasteiger partial charge in [-0.3, -0.25) is 4.79 Å². The van der Waals surface area contributed by atoms with Crippen molar-refractivity contribution in [3.63, 3.8) is 0 Å². The molecule has 0 aliphatic carbocycles. The van der Waals surface area contributed by atoms with Crippen LogP contribution in [0.15, 0.2) is 53.4 Å². The van der Waals surface area contributed by atoms with Gasteiger partial charge < -0.3 is 10.1 Å². The van der Waals surface area contributed by atoms with Crippen molar-refractivity contribution in [3.05, 3.63) is 58.9 Å². The smallest absolute Gasteiger partial charge is 0.305 e. The minimum Gasteiger partial charge on any atom is -0.497 e. The number of aromatic nitrogens is 3. The van der Waals surface area contributed by atoms with Gasteiger partial charge in [0.15, 0.2) is 16.7 Å². The van der Waals surface area contributed by atoms with Crippen molar-refractivity contribution >= 4 is 34.0 Å². The highest BCUT2D eigenvalue weighted by molar-refractivity contribution is 7.07.